The van der Waals surface area contributed by atoms with Gasteiger partial charge < -0.3 is 4.98 Å². The molecule has 5 aromatic carbocycles. The molecular weight excluding hydrogens is 741 g/mol. The Balaban J connectivity index is 0.00000372. The van der Waals surface area contributed by atoms with Crippen LogP contribution in [-0.4, -0.2) is 4.98 Å². The third-order valence-corrected chi connectivity index (χ3v) is 8.64. The van der Waals surface area contributed by atoms with Crippen molar-refractivity contribution in [3.05, 3.63) is 139 Å². The molecule has 0 spiro atoms. The molecule has 0 aliphatic heterocycles. The van der Waals surface area contributed by atoms with Crippen molar-refractivity contribution >= 4 is 21.8 Å². The molecule has 230 valence electrons. The minimum Gasteiger partial charge on any atom is -0.656 e. The monoisotopic (exact) mass is 778 g/mol. The Morgan fingerprint density at radius 2 is 1.26 bits per heavy atom. The molecule has 0 aliphatic carbocycles. The Labute approximate surface area is 288 Å². The third kappa shape index (κ3) is 6.13. The number of rotatable bonds is 4. The van der Waals surface area contributed by atoms with Crippen molar-refractivity contribution in [1.82, 2.24) is 9.97 Å². The van der Waals surface area contributed by atoms with Gasteiger partial charge in [-0.1, -0.05) is 120 Å². The summed E-state index contributed by atoms with van der Waals surface area (Å²) in [5, 5.41) is 2.39. The quantitative estimate of drug-likeness (QED) is 0.131. The summed E-state index contributed by atoms with van der Waals surface area (Å²) in [5.41, 5.74) is 12.7. The molecule has 2 heterocycles. The molecule has 0 unspecified atom stereocenters. The Morgan fingerprint density at radius 1 is 0.565 bits per heavy atom. The maximum Gasteiger partial charge on any atom is 3.00 e. The molecule has 0 N–H and O–H groups in total. The number of benzene rings is 5. The predicted molar refractivity (Wildman–Crippen MR) is 189 cm³/mol. The molecule has 0 aliphatic rings. The first-order valence-corrected chi connectivity index (χ1v) is 15.7. The molecule has 7 aromatic rings. The molecule has 0 saturated carbocycles. The van der Waals surface area contributed by atoms with Crippen molar-refractivity contribution in [2.45, 2.75) is 52.4 Å². The molecule has 46 heavy (non-hydrogen) atoms. The molecule has 2 aromatic heterocycles. The van der Waals surface area contributed by atoms with Crippen LogP contribution in [0.4, 0.5) is 0 Å². The van der Waals surface area contributed by atoms with E-state index in [0.717, 1.165) is 55.8 Å². The predicted octanol–water partition coefficient (Wildman–Crippen LogP) is 11.2. The largest absolute Gasteiger partial charge is 3.00 e. The molecule has 0 saturated heterocycles. The van der Waals surface area contributed by atoms with Gasteiger partial charge in [-0.15, -0.1) is 28.7 Å². The maximum atomic E-state index is 5.30. The van der Waals surface area contributed by atoms with Crippen LogP contribution in [0.15, 0.2) is 115 Å². The summed E-state index contributed by atoms with van der Waals surface area (Å²) >= 11 is 0. The van der Waals surface area contributed by atoms with Crippen molar-refractivity contribution in [3.8, 4) is 44.8 Å². The topological polar surface area (TPSA) is 27.0 Å². The van der Waals surface area contributed by atoms with Crippen LogP contribution < -0.4 is 4.98 Å². The molecule has 0 atom stereocenters. The normalized spacial score (nSPS) is 12.0. The van der Waals surface area contributed by atoms with Gasteiger partial charge in [0.25, 0.3) is 0 Å². The van der Waals surface area contributed by atoms with E-state index in [2.05, 4.69) is 145 Å². The second kappa shape index (κ2) is 12.2. The second-order valence-electron chi connectivity index (χ2n) is 14.0. The van der Waals surface area contributed by atoms with E-state index < -0.39 is 0 Å². The zero-order chi connectivity index (χ0) is 31.3. The van der Waals surface area contributed by atoms with E-state index in [9.17, 15) is 0 Å². The van der Waals surface area contributed by atoms with Crippen LogP contribution in [-0.2, 0) is 33.2 Å². The van der Waals surface area contributed by atoms with E-state index in [1.807, 2.05) is 24.3 Å². The van der Waals surface area contributed by atoms with Crippen molar-refractivity contribution < 1.29 is 22.4 Å². The number of aromatic nitrogens is 2. The molecular formula is C43H37AuN2. The van der Waals surface area contributed by atoms with Crippen LogP contribution in [0.5, 0.6) is 0 Å². The standard InChI is InChI=1S/C43H37N2.Au/c1-42(2,3)33-20-21-40-35(25-33)36-26-34(43(4,5)6)27-37(41(36)45-40)39-19-13-18-38(44-39)32-23-30(28-14-9-7-10-15-28)22-31(24-32)29-16-11-8-12-17-29;/h7-16,18-23,25-27H,1-6H3;/q-3;+3. The minimum atomic E-state index is -0.0370. The molecule has 3 heteroatoms. The summed E-state index contributed by atoms with van der Waals surface area (Å²) in [5.74, 6) is 0. The van der Waals surface area contributed by atoms with Crippen molar-refractivity contribution in [2.24, 2.45) is 0 Å². The van der Waals surface area contributed by atoms with Gasteiger partial charge in [0.1, 0.15) is 0 Å². The van der Waals surface area contributed by atoms with Crippen molar-refractivity contribution in [3.63, 3.8) is 0 Å². The van der Waals surface area contributed by atoms with Gasteiger partial charge in [0.15, 0.2) is 0 Å². The van der Waals surface area contributed by atoms with E-state index in [0.29, 0.717) is 0 Å². The van der Waals surface area contributed by atoms with Crippen LogP contribution >= 0.6 is 0 Å². The molecule has 0 bridgehead atoms. The maximum absolute atomic E-state index is 5.30. The zero-order valence-electron chi connectivity index (χ0n) is 27.2. The Kier molecular flexibility index (Phi) is 8.42. The van der Waals surface area contributed by atoms with Gasteiger partial charge in [0.2, 0.25) is 0 Å². The van der Waals surface area contributed by atoms with Crippen LogP contribution in [0.25, 0.3) is 66.6 Å². The number of nitrogens with zero attached hydrogens (tertiary/aromatic N) is 2. The first-order chi connectivity index (χ1) is 21.5. The smallest absolute Gasteiger partial charge is 0.656 e. The molecule has 7 rings (SSSR count). The number of pyridine rings is 1. The van der Waals surface area contributed by atoms with Gasteiger partial charge >= 0.3 is 22.4 Å². The van der Waals surface area contributed by atoms with Crippen LogP contribution in [0, 0.1) is 12.1 Å². The number of hydrogen-bond acceptors (Lipinski definition) is 1. The van der Waals surface area contributed by atoms with E-state index >= 15 is 0 Å². The summed E-state index contributed by atoms with van der Waals surface area (Å²) in [6.45, 7) is 13.6. The van der Waals surface area contributed by atoms with E-state index in [1.54, 1.807) is 0 Å². The van der Waals surface area contributed by atoms with Crippen LogP contribution in [0.1, 0.15) is 52.7 Å². The summed E-state index contributed by atoms with van der Waals surface area (Å²) in [7, 11) is 0. The molecule has 2 nitrogen and oxygen atoms in total. The van der Waals surface area contributed by atoms with Gasteiger partial charge in [0.05, 0.1) is 5.69 Å². The summed E-state index contributed by atoms with van der Waals surface area (Å²) in [4.78, 5) is 10.5. The van der Waals surface area contributed by atoms with Crippen molar-refractivity contribution in [2.75, 3.05) is 0 Å². The summed E-state index contributed by atoms with van der Waals surface area (Å²) in [6.07, 6.45) is 0. The fraction of sp³-hybridized carbons (Fsp3) is 0.186. The van der Waals surface area contributed by atoms with Gasteiger partial charge in [-0.3, -0.25) is 4.98 Å². The molecule has 0 fully saturated rings. The molecule has 0 amide bonds. The third-order valence-electron chi connectivity index (χ3n) is 8.64. The van der Waals surface area contributed by atoms with Crippen molar-refractivity contribution in [1.29, 1.82) is 0 Å². The number of hydrogen-bond donors (Lipinski definition) is 0. The summed E-state index contributed by atoms with van der Waals surface area (Å²) < 4.78 is 0. The first-order valence-electron chi connectivity index (χ1n) is 15.7. The average Bonchev–Trinajstić information content (AvgIpc) is 3.42. The number of fused-ring (bicyclic) bond motifs is 3. The first kappa shape index (κ1) is 31.8. The Bertz CT molecular complexity index is 2100. The fourth-order valence-electron chi connectivity index (χ4n) is 5.97. The fourth-order valence-corrected chi connectivity index (χ4v) is 5.97. The minimum absolute atomic E-state index is 0. The molecule has 0 radical (unpaired) electrons. The average molecular weight is 779 g/mol. The summed E-state index contributed by atoms with van der Waals surface area (Å²) in [6, 6.07) is 47.6. The zero-order valence-corrected chi connectivity index (χ0v) is 29.3. The van der Waals surface area contributed by atoms with Crippen LogP contribution in [0.3, 0.4) is 0 Å². The van der Waals surface area contributed by atoms with Gasteiger partial charge in [-0.05, 0) is 49.9 Å². The van der Waals surface area contributed by atoms with Crippen LogP contribution in [0.2, 0.25) is 0 Å². The Hall–Kier alpha value is -4.21. The second-order valence-corrected chi connectivity index (χ2v) is 14.0. The van der Waals surface area contributed by atoms with Gasteiger partial charge in [0, 0.05) is 5.69 Å². The Morgan fingerprint density at radius 3 is 1.98 bits per heavy atom. The SMILES string of the molecule is CC(C)(C)c1ccc2[n-]c3c(-c4cccc(-c5[c-]c(-c6[c-]cccc6)cc(-c6ccccc6)c5)n4)cc(C(C)(C)C)cc3c2c1.[Au+3]. The van der Waals surface area contributed by atoms with E-state index in [1.165, 1.54) is 21.9 Å². The van der Waals surface area contributed by atoms with Gasteiger partial charge in [-0.2, -0.15) is 42.0 Å². The van der Waals surface area contributed by atoms with E-state index in [4.69, 9.17) is 9.97 Å². The van der Waals surface area contributed by atoms with Gasteiger partial charge in [-0.25, -0.2) is 5.56 Å². The van der Waals surface area contributed by atoms with E-state index in [-0.39, 0.29) is 33.2 Å².